The van der Waals surface area contributed by atoms with Gasteiger partial charge in [0.1, 0.15) is 0 Å². The minimum Gasteiger partial charge on any atom is -0.168 e. The van der Waals surface area contributed by atoms with Gasteiger partial charge in [0.25, 0.3) is 0 Å². The van der Waals surface area contributed by atoms with Gasteiger partial charge in [-0.2, -0.15) is 23.6 Å². The molecule has 0 saturated heterocycles. The second-order valence-electron chi connectivity index (χ2n) is 9.07. The number of hydrogen-bond acceptors (Lipinski definition) is 0. The van der Waals surface area contributed by atoms with E-state index in [9.17, 15) is 0 Å². The number of unbranched alkanes of at least 4 members (excludes halogenated alkanes) is 3. The van der Waals surface area contributed by atoms with Gasteiger partial charge in [-0.15, -0.1) is 64.2 Å². The second-order valence-corrected chi connectivity index (χ2v) is 13.8. The van der Waals surface area contributed by atoms with Crippen LogP contribution in [-0.4, -0.2) is 9.52 Å². The van der Waals surface area contributed by atoms with Crippen molar-refractivity contribution in [3.05, 3.63) is 108 Å². The third-order valence-electron chi connectivity index (χ3n) is 6.03. The van der Waals surface area contributed by atoms with Crippen LogP contribution in [-0.2, 0) is 27.3 Å². The Balaban J connectivity index is 0.000000263. The average molecular weight is 625 g/mol. The van der Waals surface area contributed by atoms with Gasteiger partial charge in [-0.1, -0.05) is 88.2 Å². The van der Waals surface area contributed by atoms with Crippen LogP contribution >= 0.6 is 17.0 Å². The Morgan fingerprint density at radius 1 is 0.811 bits per heavy atom. The molecule has 0 spiro atoms. The fraction of sp³-hybridized carbons (Fsp3) is 0.273. The first kappa shape index (κ1) is 31.8. The third-order valence-corrected chi connectivity index (χ3v) is 6.03. The molecule has 5 rings (SSSR count). The van der Waals surface area contributed by atoms with E-state index in [-0.39, 0.29) is 0 Å². The quantitative estimate of drug-likeness (QED) is 0.100. The van der Waals surface area contributed by atoms with Crippen molar-refractivity contribution < 1.29 is 20.8 Å². The maximum atomic E-state index is 4.93. The fourth-order valence-corrected chi connectivity index (χ4v) is 4.31. The number of hydrogen-bond donors (Lipinski definition) is 0. The minimum atomic E-state index is -0.826. The van der Waals surface area contributed by atoms with Crippen molar-refractivity contribution in [1.82, 2.24) is 0 Å². The summed E-state index contributed by atoms with van der Waals surface area (Å²) in [7, 11) is 11.0. The van der Waals surface area contributed by atoms with Crippen molar-refractivity contribution in [2.24, 2.45) is 0 Å². The second kappa shape index (κ2) is 18.8. The molecule has 0 aromatic heterocycles. The first-order valence-electron chi connectivity index (χ1n) is 13.0. The van der Waals surface area contributed by atoms with E-state index in [1.807, 2.05) is 0 Å². The molecule has 0 nitrogen and oxygen atoms in total. The normalized spacial score (nSPS) is 9.89. The minimum absolute atomic E-state index is 0.826. The number of rotatable bonds is 6. The van der Waals surface area contributed by atoms with E-state index < -0.39 is 20.8 Å². The van der Waals surface area contributed by atoms with Crippen LogP contribution < -0.4 is 0 Å². The molecule has 0 aliphatic heterocycles. The summed E-state index contributed by atoms with van der Waals surface area (Å²) >= 11 is -0.826. The van der Waals surface area contributed by atoms with Gasteiger partial charge in [0, 0.05) is 9.52 Å². The number of aryl methyl sites for hydroxylation is 2. The Morgan fingerprint density at radius 2 is 1.49 bits per heavy atom. The summed E-state index contributed by atoms with van der Waals surface area (Å²) in [6, 6.07) is 35.0. The summed E-state index contributed by atoms with van der Waals surface area (Å²) in [6.07, 6.45) is 6.54. The number of halogens is 2. The van der Waals surface area contributed by atoms with Crippen molar-refractivity contribution >= 4 is 48.1 Å². The van der Waals surface area contributed by atoms with Crippen LogP contribution in [0.25, 0.3) is 32.7 Å². The summed E-state index contributed by atoms with van der Waals surface area (Å²) in [5, 5.41) is 5.38. The number of fused-ring (bicyclic) bond motifs is 2. The van der Waals surface area contributed by atoms with Crippen LogP contribution in [0.15, 0.2) is 97.1 Å². The summed E-state index contributed by atoms with van der Waals surface area (Å²) in [4.78, 5) is 0. The SMILES string of the molecule is CCCCCCc1ccc(-c2cccc3[cH-]c(C)cc23)cc1.C[Si]C.[Cl][Zr+2][Cl].c1ccc2[cH-]ccc2c1. The fourth-order valence-electron chi connectivity index (χ4n) is 4.31. The van der Waals surface area contributed by atoms with Crippen LogP contribution in [0.4, 0.5) is 0 Å². The molecule has 192 valence electrons. The molecule has 0 aliphatic rings. The van der Waals surface area contributed by atoms with Gasteiger partial charge in [0.15, 0.2) is 0 Å². The van der Waals surface area contributed by atoms with E-state index in [4.69, 9.17) is 17.0 Å². The zero-order valence-corrected chi connectivity index (χ0v) is 27.5. The molecule has 0 aliphatic carbocycles. The van der Waals surface area contributed by atoms with Crippen LogP contribution in [0, 0.1) is 6.92 Å². The topological polar surface area (TPSA) is 0 Å². The monoisotopic (exact) mass is 622 g/mol. The summed E-state index contributed by atoms with van der Waals surface area (Å²) in [5.41, 5.74) is 5.48. The van der Waals surface area contributed by atoms with E-state index in [2.05, 4.69) is 124 Å². The van der Waals surface area contributed by atoms with Crippen LogP contribution in [0.3, 0.4) is 0 Å². The molecule has 0 amide bonds. The van der Waals surface area contributed by atoms with E-state index in [1.54, 1.807) is 0 Å². The van der Waals surface area contributed by atoms with Crippen molar-refractivity contribution in [2.75, 3.05) is 0 Å². The smallest absolute Gasteiger partial charge is 0.0809 e. The van der Waals surface area contributed by atoms with Gasteiger partial charge in [-0.3, -0.25) is 0 Å². The molecule has 0 unspecified atom stereocenters. The zero-order valence-electron chi connectivity index (χ0n) is 22.5. The van der Waals surface area contributed by atoms with Crippen molar-refractivity contribution in [3.63, 3.8) is 0 Å². The molecule has 0 bridgehead atoms. The summed E-state index contributed by atoms with van der Waals surface area (Å²) in [6.45, 7) is 8.74. The van der Waals surface area contributed by atoms with Gasteiger partial charge in [-0.25, -0.2) is 0 Å². The third kappa shape index (κ3) is 11.1. The first-order valence-corrected chi connectivity index (χ1v) is 21.3. The largest absolute Gasteiger partial charge is 0.168 e. The molecule has 0 fully saturated rings. The Bertz CT molecular complexity index is 1240. The maximum Gasteiger partial charge on any atom is -0.0809 e. The van der Waals surface area contributed by atoms with Crippen LogP contribution in [0.1, 0.15) is 43.7 Å². The average Bonchev–Trinajstić information content (AvgIpc) is 3.54. The Morgan fingerprint density at radius 3 is 2.16 bits per heavy atom. The first-order chi connectivity index (χ1) is 18.1. The molecule has 5 aromatic carbocycles. The van der Waals surface area contributed by atoms with Crippen molar-refractivity contribution in [2.45, 2.75) is 59.0 Å². The van der Waals surface area contributed by atoms with Crippen molar-refractivity contribution in [1.29, 1.82) is 0 Å². The molecule has 37 heavy (non-hydrogen) atoms. The van der Waals surface area contributed by atoms with Crippen molar-refractivity contribution in [3.8, 4) is 11.1 Å². The molecule has 0 atom stereocenters. The maximum absolute atomic E-state index is 4.93. The summed E-state index contributed by atoms with van der Waals surface area (Å²) in [5.74, 6) is 0. The molecule has 0 N–H and O–H groups in total. The van der Waals surface area contributed by atoms with Crippen LogP contribution in [0.2, 0.25) is 13.1 Å². The molecule has 0 saturated carbocycles. The van der Waals surface area contributed by atoms with E-state index in [0.717, 1.165) is 9.52 Å². The molecular formula is C33H38Cl2SiZr. The standard InChI is InChI=1S/C22H25.C9H7.C2H6Si.2ClH.Zr/c1-3-4-5-6-8-18-11-13-19(14-12-18)21-10-7-9-20-15-17(2)16-22(20)21;1-2-5-9-7-3-6-8(9)4-1;1-3-2;;;/h7,9-16H,3-6,8H2,1-2H3;1-7H;1-2H3;2*1H;/q2*-1;;;;+4/p-2. The Hall–Kier alpha value is -1.44. The Kier molecular flexibility index (Phi) is 16.1. The van der Waals surface area contributed by atoms with Gasteiger partial charge >= 0.3 is 37.9 Å². The predicted octanol–water partition coefficient (Wildman–Crippen LogP) is 11.4. The molecule has 0 heterocycles. The van der Waals surface area contributed by atoms with E-state index >= 15 is 0 Å². The van der Waals surface area contributed by atoms with Gasteiger partial charge in [0.2, 0.25) is 0 Å². The summed E-state index contributed by atoms with van der Waals surface area (Å²) < 4.78 is 0. The van der Waals surface area contributed by atoms with Crippen LogP contribution in [0.5, 0.6) is 0 Å². The molecular weight excluding hydrogens is 587 g/mol. The molecule has 2 radical (unpaired) electrons. The van der Waals surface area contributed by atoms with Gasteiger partial charge in [-0.05, 0) is 24.0 Å². The van der Waals surface area contributed by atoms with Gasteiger partial charge in [0.05, 0.1) is 0 Å². The van der Waals surface area contributed by atoms with Gasteiger partial charge < -0.3 is 0 Å². The van der Waals surface area contributed by atoms with E-state index in [0.29, 0.717) is 0 Å². The zero-order chi connectivity index (χ0) is 26.9. The molecule has 4 heteroatoms. The Labute approximate surface area is 245 Å². The number of benzene rings is 3. The molecule has 5 aromatic rings. The van der Waals surface area contributed by atoms with E-state index in [1.165, 1.54) is 75.9 Å². The predicted molar refractivity (Wildman–Crippen MR) is 166 cm³/mol.